The molecule has 1 aliphatic rings. The lowest BCUT2D eigenvalue weighted by Gasteiger charge is -2.34. The molecule has 160 valence electrons. The Bertz CT molecular complexity index is 777. The van der Waals surface area contributed by atoms with Crippen molar-refractivity contribution < 1.29 is 4.74 Å². The van der Waals surface area contributed by atoms with E-state index in [2.05, 4.69) is 65.6 Å². The molecule has 29 heavy (non-hydrogen) atoms. The summed E-state index contributed by atoms with van der Waals surface area (Å²) in [5.74, 6) is 1.50. The van der Waals surface area contributed by atoms with E-state index in [4.69, 9.17) is 9.73 Å². The maximum Gasteiger partial charge on any atom is 0.191 e. The van der Waals surface area contributed by atoms with E-state index in [1.807, 2.05) is 12.3 Å². The highest BCUT2D eigenvalue weighted by Gasteiger charge is 2.21. The first-order valence-electron chi connectivity index (χ1n) is 10.3. The number of guanidine groups is 1. The number of pyridine rings is 1. The van der Waals surface area contributed by atoms with E-state index < -0.39 is 0 Å². The van der Waals surface area contributed by atoms with Crippen molar-refractivity contribution in [2.75, 3.05) is 39.3 Å². The van der Waals surface area contributed by atoms with Crippen LogP contribution < -0.4 is 10.6 Å². The Hall–Kier alpha value is -1.45. The second-order valence-electron chi connectivity index (χ2n) is 7.71. The number of ether oxygens (including phenoxy) is 1. The van der Waals surface area contributed by atoms with Gasteiger partial charge in [0.15, 0.2) is 5.96 Å². The minimum atomic E-state index is 0. The third-order valence-corrected chi connectivity index (χ3v) is 4.81. The average Bonchev–Trinajstić information content (AvgIpc) is 2.70. The van der Waals surface area contributed by atoms with Crippen LogP contribution in [-0.4, -0.2) is 61.3 Å². The van der Waals surface area contributed by atoms with Gasteiger partial charge in [0.25, 0.3) is 0 Å². The smallest absolute Gasteiger partial charge is 0.191 e. The summed E-state index contributed by atoms with van der Waals surface area (Å²) in [5.41, 5.74) is 2.15. The number of benzene rings is 1. The van der Waals surface area contributed by atoms with Crippen LogP contribution in [0.5, 0.6) is 0 Å². The Balaban J connectivity index is 0.00000300. The van der Waals surface area contributed by atoms with Gasteiger partial charge in [0.1, 0.15) is 0 Å². The molecule has 1 atom stereocenters. The SMILES string of the molecule is CCNC(=NCc1cccc2cccnc12)NCC1CN(CC(C)C)CCO1.I. The lowest BCUT2D eigenvalue weighted by molar-refractivity contribution is -0.0284. The zero-order chi connectivity index (χ0) is 19.8. The first kappa shape index (κ1) is 23.8. The first-order valence-corrected chi connectivity index (χ1v) is 10.3. The van der Waals surface area contributed by atoms with Crippen molar-refractivity contribution in [3.8, 4) is 0 Å². The molecule has 1 aromatic heterocycles. The van der Waals surface area contributed by atoms with Gasteiger partial charge in [-0.3, -0.25) is 9.88 Å². The molecule has 1 unspecified atom stereocenters. The molecule has 1 aromatic carbocycles. The standard InChI is InChI=1S/C22H33N5O.HI/c1-4-23-22(26-14-20-16-27(11-12-28-20)15-17(2)3)25-13-19-8-5-7-18-9-6-10-24-21(18)19;/h5-10,17,20H,4,11-16H2,1-3H3,(H2,23,25,26);1H. The summed E-state index contributed by atoms with van der Waals surface area (Å²) in [5, 5.41) is 7.93. The lowest BCUT2D eigenvalue weighted by atomic mass is 10.1. The minimum absolute atomic E-state index is 0. The molecule has 0 amide bonds. The predicted molar refractivity (Wildman–Crippen MR) is 131 cm³/mol. The molecule has 2 heterocycles. The number of aromatic nitrogens is 1. The number of para-hydroxylation sites is 1. The molecule has 2 aromatic rings. The number of fused-ring (bicyclic) bond motifs is 1. The molecule has 1 saturated heterocycles. The average molecular weight is 511 g/mol. The molecule has 3 rings (SSSR count). The van der Waals surface area contributed by atoms with Gasteiger partial charge >= 0.3 is 0 Å². The summed E-state index contributed by atoms with van der Waals surface area (Å²) in [4.78, 5) is 11.8. The number of nitrogens with one attached hydrogen (secondary N) is 2. The van der Waals surface area contributed by atoms with Crippen LogP contribution in [0.2, 0.25) is 0 Å². The number of halogens is 1. The predicted octanol–water partition coefficient (Wildman–Crippen LogP) is 3.26. The van der Waals surface area contributed by atoms with Crippen molar-refractivity contribution in [2.24, 2.45) is 10.9 Å². The number of hydrogen-bond donors (Lipinski definition) is 2. The van der Waals surface area contributed by atoms with Gasteiger partial charge in [-0.15, -0.1) is 24.0 Å². The van der Waals surface area contributed by atoms with Crippen LogP contribution >= 0.6 is 24.0 Å². The van der Waals surface area contributed by atoms with Crippen molar-refractivity contribution in [3.63, 3.8) is 0 Å². The summed E-state index contributed by atoms with van der Waals surface area (Å²) < 4.78 is 5.94. The van der Waals surface area contributed by atoms with Gasteiger partial charge in [0, 0.05) is 44.3 Å². The molecular formula is C22H34IN5O. The van der Waals surface area contributed by atoms with Crippen molar-refractivity contribution in [1.82, 2.24) is 20.5 Å². The lowest BCUT2D eigenvalue weighted by Crippen LogP contribution is -2.50. The molecule has 1 aliphatic heterocycles. The van der Waals surface area contributed by atoms with Gasteiger partial charge in [-0.2, -0.15) is 0 Å². The minimum Gasteiger partial charge on any atom is -0.374 e. The maximum absolute atomic E-state index is 5.94. The van der Waals surface area contributed by atoms with Crippen molar-refractivity contribution in [1.29, 1.82) is 0 Å². The molecule has 6 nitrogen and oxygen atoms in total. The topological polar surface area (TPSA) is 61.8 Å². The van der Waals surface area contributed by atoms with Gasteiger partial charge < -0.3 is 15.4 Å². The van der Waals surface area contributed by atoms with Crippen molar-refractivity contribution >= 4 is 40.8 Å². The number of aliphatic imine (C=N–C) groups is 1. The summed E-state index contributed by atoms with van der Waals surface area (Å²) in [6.45, 7) is 12.7. The summed E-state index contributed by atoms with van der Waals surface area (Å²) in [6.07, 6.45) is 2.03. The van der Waals surface area contributed by atoms with Crippen LogP contribution in [0.3, 0.4) is 0 Å². The summed E-state index contributed by atoms with van der Waals surface area (Å²) >= 11 is 0. The van der Waals surface area contributed by atoms with E-state index in [1.54, 1.807) is 0 Å². The van der Waals surface area contributed by atoms with Gasteiger partial charge in [-0.1, -0.05) is 38.1 Å². The fraction of sp³-hybridized carbons (Fsp3) is 0.545. The van der Waals surface area contributed by atoms with Crippen LogP contribution in [-0.2, 0) is 11.3 Å². The largest absolute Gasteiger partial charge is 0.374 e. The molecule has 0 spiro atoms. The van der Waals surface area contributed by atoms with E-state index in [-0.39, 0.29) is 30.1 Å². The van der Waals surface area contributed by atoms with E-state index in [0.717, 1.165) is 61.8 Å². The number of morpholine rings is 1. The molecule has 0 saturated carbocycles. The van der Waals surface area contributed by atoms with Gasteiger partial charge in [0.05, 0.1) is 24.8 Å². The monoisotopic (exact) mass is 511 g/mol. The second-order valence-corrected chi connectivity index (χ2v) is 7.71. The molecule has 0 radical (unpaired) electrons. The zero-order valence-corrected chi connectivity index (χ0v) is 20.1. The molecule has 1 fully saturated rings. The zero-order valence-electron chi connectivity index (χ0n) is 17.7. The van der Waals surface area contributed by atoms with Crippen LogP contribution in [0.25, 0.3) is 10.9 Å². The van der Waals surface area contributed by atoms with E-state index in [9.17, 15) is 0 Å². The van der Waals surface area contributed by atoms with Crippen LogP contribution in [0.1, 0.15) is 26.3 Å². The van der Waals surface area contributed by atoms with Gasteiger partial charge in [-0.05, 0) is 24.5 Å². The highest BCUT2D eigenvalue weighted by molar-refractivity contribution is 14.0. The fourth-order valence-corrected chi connectivity index (χ4v) is 3.60. The highest BCUT2D eigenvalue weighted by atomic mass is 127. The molecule has 0 bridgehead atoms. The molecular weight excluding hydrogens is 477 g/mol. The molecule has 0 aliphatic carbocycles. The van der Waals surface area contributed by atoms with Gasteiger partial charge in [-0.25, -0.2) is 4.99 Å². The Morgan fingerprint density at radius 2 is 2.10 bits per heavy atom. The summed E-state index contributed by atoms with van der Waals surface area (Å²) in [7, 11) is 0. The third kappa shape index (κ3) is 7.38. The molecule has 7 heteroatoms. The Kier molecular flexibility index (Phi) is 10.1. The highest BCUT2D eigenvalue weighted by Crippen LogP contribution is 2.16. The summed E-state index contributed by atoms with van der Waals surface area (Å²) in [6, 6.07) is 10.3. The van der Waals surface area contributed by atoms with Crippen LogP contribution in [0, 0.1) is 5.92 Å². The van der Waals surface area contributed by atoms with Crippen molar-refractivity contribution in [3.05, 3.63) is 42.1 Å². The third-order valence-electron chi connectivity index (χ3n) is 4.81. The first-order chi connectivity index (χ1) is 13.7. The number of hydrogen-bond acceptors (Lipinski definition) is 4. The van der Waals surface area contributed by atoms with E-state index >= 15 is 0 Å². The normalized spacial score (nSPS) is 17.9. The van der Waals surface area contributed by atoms with Crippen molar-refractivity contribution in [2.45, 2.75) is 33.4 Å². The maximum atomic E-state index is 5.94. The van der Waals surface area contributed by atoms with Crippen LogP contribution in [0.15, 0.2) is 41.5 Å². The Morgan fingerprint density at radius 3 is 2.90 bits per heavy atom. The molecule has 2 N–H and O–H groups in total. The number of nitrogens with zero attached hydrogens (tertiary/aromatic N) is 3. The van der Waals surface area contributed by atoms with Gasteiger partial charge in [0.2, 0.25) is 0 Å². The Morgan fingerprint density at radius 1 is 1.28 bits per heavy atom. The second kappa shape index (κ2) is 12.3. The Labute approximate surface area is 191 Å². The quantitative estimate of drug-likeness (QED) is 0.340. The van der Waals surface area contributed by atoms with E-state index in [0.29, 0.717) is 12.5 Å². The van der Waals surface area contributed by atoms with E-state index in [1.165, 1.54) is 0 Å². The van der Waals surface area contributed by atoms with Crippen LogP contribution in [0.4, 0.5) is 0 Å². The fourth-order valence-electron chi connectivity index (χ4n) is 3.60. The number of rotatable bonds is 7.